The number of carbonyl (C=O) groups excluding carboxylic acids is 2. The molecule has 2 aromatic carbocycles. The number of anilines is 2. The average molecular weight is 397 g/mol. The summed E-state index contributed by atoms with van der Waals surface area (Å²) in [7, 11) is 3.02. The van der Waals surface area contributed by atoms with Crippen molar-refractivity contribution in [2.45, 2.75) is 6.92 Å². The molecule has 0 spiro atoms. The first-order valence-corrected chi connectivity index (χ1v) is 9.25. The third kappa shape index (κ3) is 4.47. The molecule has 3 aromatic rings. The molecule has 8 heteroatoms. The number of aromatic nitrogens is 1. The summed E-state index contributed by atoms with van der Waals surface area (Å²) in [6, 6.07) is 12.3. The topological polar surface area (TPSA) is 89.6 Å². The summed E-state index contributed by atoms with van der Waals surface area (Å²) >= 11 is 1.17. The highest BCUT2D eigenvalue weighted by Gasteiger charge is 2.15. The number of methoxy groups -OCH3 is 2. The number of carbonyl (C=O) groups is 2. The van der Waals surface area contributed by atoms with Gasteiger partial charge in [-0.2, -0.15) is 0 Å². The Labute approximate surface area is 166 Å². The van der Waals surface area contributed by atoms with Gasteiger partial charge in [0.1, 0.15) is 17.2 Å². The van der Waals surface area contributed by atoms with Gasteiger partial charge in [-0.3, -0.25) is 14.9 Å². The van der Waals surface area contributed by atoms with Crippen LogP contribution in [0.2, 0.25) is 0 Å². The van der Waals surface area contributed by atoms with E-state index in [1.807, 2.05) is 31.2 Å². The highest BCUT2D eigenvalue weighted by atomic mass is 32.1. The number of para-hydroxylation sites is 1. The number of nitrogens with one attached hydrogen (secondary N) is 2. The summed E-state index contributed by atoms with van der Waals surface area (Å²) in [4.78, 5) is 29.1. The van der Waals surface area contributed by atoms with Crippen molar-refractivity contribution in [3.05, 3.63) is 64.7 Å². The van der Waals surface area contributed by atoms with Crippen LogP contribution in [0, 0.1) is 6.92 Å². The molecule has 0 bridgehead atoms. The largest absolute Gasteiger partial charge is 0.497 e. The number of aryl methyl sites for hydroxylation is 1. The number of rotatable bonds is 6. The molecule has 3 rings (SSSR count). The zero-order chi connectivity index (χ0) is 20.1. The second-order valence-electron chi connectivity index (χ2n) is 5.86. The van der Waals surface area contributed by atoms with Crippen LogP contribution in [0.15, 0.2) is 47.8 Å². The third-order valence-electron chi connectivity index (χ3n) is 3.96. The van der Waals surface area contributed by atoms with Gasteiger partial charge < -0.3 is 14.8 Å². The lowest BCUT2D eigenvalue weighted by atomic mass is 10.2. The molecule has 0 saturated carbocycles. The summed E-state index contributed by atoms with van der Waals surface area (Å²) in [5, 5.41) is 7.42. The van der Waals surface area contributed by atoms with Crippen LogP contribution in [0.5, 0.6) is 11.5 Å². The SMILES string of the molecule is COc1cc(OC)cc(C(=O)Nc2nc(C(=O)Nc3ccccc3C)cs2)c1. The molecule has 144 valence electrons. The lowest BCUT2D eigenvalue weighted by Gasteiger charge is -2.08. The van der Waals surface area contributed by atoms with E-state index in [0.717, 1.165) is 11.3 Å². The quantitative estimate of drug-likeness (QED) is 0.657. The number of nitrogens with zero attached hydrogens (tertiary/aromatic N) is 1. The molecule has 0 aliphatic heterocycles. The Kier molecular flexibility index (Phi) is 5.90. The van der Waals surface area contributed by atoms with Crippen molar-refractivity contribution in [3.63, 3.8) is 0 Å². The van der Waals surface area contributed by atoms with Crippen molar-refractivity contribution in [1.82, 2.24) is 4.98 Å². The zero-order valence-electron chi connectivity index (χ0n) is 15.6. The van der Waals surface area contributed by atoms with E-state index in [0.29, 0.717) is 22.2 Å². The van der Waals surface area contributed by atoms with Crippen molar-refractivity contribution in [1.29, 1.82) is 0 Å². The van der Waals surface area contributed by atoms with Crippen LogP contribution in [0.3, 0.4) is 0 Å². The molecule has 7 nitrogen and oxygen atoms in total. The zero-order valence-corrected chi connectivity index (χ0v) is 16.4. The number of hydrogen-bond acceptors (Lipinski definition) is 6. The number of ether oxygens (including phenoxy) is 2. The highest BCUT2D eigenvalue weighted by molar-refractivity contribution is 7.14. The summed E-state index contributed by atoms with van der Waals surface area (Å²) in [5.41, 5.74) is 2.25. The summed E-state index contributed by atoms with van der Waals surface area (Å²) in [6.07, 6.45) is 0. The summed E-state index contributed by atoms with van der Waals surface area (Å²) in [6.45, 7) is 1.91. The van der Waals surface area contributed by atoms with Gasteiger partial charge in [-0.1, -0.05) is 18.2 Å². The first-order chi connectivity index (χ1) is 13.5. The molecule has 0 unspecified atom stereocenters. The first kappa shape index (κ1) is 19.4. The lowest BCUT2D eigenvalue weighted by Crippen LogP contribution is -2.15. The van der Waals surface area contributed by atoms with Gasteiger partial charge in [-0.25, -0.2) is 4.98 Å². The number of thiazole rings is 1. The van der Waals surface area contributed by atoms with E-state index in [4.69, 9.17) is 9.47 Å². The van der Waals surface area contributed by atoms with Gasteiger partial charge in [0.2, 0.25) is 0 Å². The maximum atomic E-state index is 12.5. The normalized spacial score (nSPS) is 10.2. The van der Waals surface area contributed by atoms with E-state index < -0.39 is 0 Å². The monoisotopic (exact) mass is 397 g/mol. The predicted octanol–water partition coefficient (Wildman–Crippen LogP) is 3.97. The summed E-state index contributed by atoms with van der Waals surface area (Å²) < 4.78 is 10.3. The van der Waals surface area contributed by atoms with E-state index >= 15 is 0 Å². The molecule has 1 aromatic heterocycles. The first-order valence-electron chi connectivity index (χ1n) is 8.37. The van der Waals surface area contributed by atoms with E-state index in [1.54, 1.807) is 23.6 Å². The second-order valence-corrected chi connectivity index (χ2v) is 6.72. The maximum Gasteiger partial charge on any atom is 0.275 e. The Balaban J connectivity index is 1.71. The van der Waals surface area contributed by atoms with Crippen LogP contribution < -0.4 is 20.1 Å². The van der Waals surface area contributed by atoms with Crippen molar-refractivity contribution in [3.8, 4) is 11.5 Å². The number of amides is 2. The Morgan fingerprint density at radius 1 is 0.964 bits per heavy atom. The second kappa shape index (κ2) is 8.53. The van der Waals surface area contributed by atoms with E-state index in [-0.39, 0.29) is 17.5 Å². The van der Waals surface area contributed by atoms with Crippen LogP contribution in [0.4, 0.5) is 10.8 Å². The molecule has 0 aliphatic carbocycles. The lowest BCUT2D eigenvalue weighted by molar-refractivity contribution is 0.101. The molecule has 2 amide bonds. The molecule has 1 heterocycles. The van der Waals surface area contributed by atoms with Crippen LogP contribution in [-0.4, -0.2) is 31.0 Å². The van der Waals surface area contributed by atoms with Gasteiger partial charge in [0.25, 0.3) is 11.8 Å². The fourth-order valence-electron chi connectivity index (χ4n) is 2.44. The Morgan fingerprint density at radius 2 is 1.64 bits per heavy atom. The molecule has 0 radical (unpaired) electrons. The van der Waals surface area contributed by atoms with E-state index in [2.05, 4.69) is 15.6 Å². The van der Waals surface area contributed by atoms with Crippen LogP contribution >= 0.6 is 11.3 Å². The molecule has 0 fully saturated rings. The number of benzene rings is 2. The standard InChI is InChI=1S/C20H19N3O4S/c1-12-6-4-5-7-16(12)21-19(25)17-11-28-20(22-17)23-18(24)13-8-14(26-2)10-15(9-13)27-3/h4-11H,1-3H3,(H,21,25)(H,22,23,24). The van der Waals surface area contributed by atoms with Crippen molar-refractivity contribution in [2.75, 3.05) is 24.9 Å². The van der Waals surface area contributed by atoms with Gasteiger partial charge >= 0.3 is 0 Å². The minimum Gasteiger partial charge on any atom is -0.497 e. The molecule has 0 aliphatic rings. The van der Waals surface area contributed by atoms with Crippen LogP contribution in [0.1, 0.15) is 26.4 Å². The minimum atomic E-state index is -0.377. The van der Waals surface area contributed by atoms with Crippen LogP contribution in [-0.2, 0) is 0 Å². The van der Waals surface area contributed by atoms with Gasteiger partial charge in [0.05, 0.1) is 14.2 Å². The van der Waals surface area contributed by atoms with Crippen LogP contribution in [0.25, 0.3) is 0 Å². The van der Waals surface area contributed by atoms with E-state index in [9.17, 15) is 9.59 Å². The van der Waals surface area contributed by atoms with Crippen molar-refractivity contribution >= 4 is 34.0 Å². The fraction of sp³-hybridized carbons (Fsp3) is 0.150. The van der Waals surface area contributed by atoms with Gasteiger partial charge in [0.15, 0.2) is 5.13 Å². The number of hydrogen-bond donors (Lipinski definition) is 2. The van der Waals surface area contributed by atoms with E-state index in [1.165, 1.54) is 25.6 Å². The predicted molar refractivity (Wildman–Crippen MR) is 109 cm³/mol. The average Bonchev–Trinajstić information content (AvgIpc) is 3.17. The molecule has 28 heavy (non-hydrogen) atoms. The van der Waals surface area contributed by atoms with Gasteiger partial charge in [-0.15, -0.1) is 11.3 Å². The van der Waals surface area contributed by atoms with Crippen molar-refractivity contribution in [2.24, 2.45) is 0 Å². The summed E-state index contributed by atoms with van der Waals surface area (Å²) in [5.74, 6) is 0.287. The van der Waals surface area contributed by atoms with Gasteiger partial charge in [-0.05, 0) is 30.7 Å². The highest BCUT2D eigenvalue weighted by Crippen LogP contribution is 2.24. The molecule has 0 saturated heterocycles. The van der Waals surface area contributed by atoms with Crippen molar-refractivity contribution < 1.29 is 19.1 Å². The smallest absolute Gasteiger partial charge is 0.275 e. The Morgan fingerprint density at radius 3 is 2.29 bits per heavy atom. The maximum absolute atomic E-state index is 12.5. The minimum absolute atomic E-state index is 0.228. The fourth-order valence-corrected chi connectivity index (χ4v) is 3.13. The molecular weight excluding hydrogens is 378 g/mol. The molecule has 2 N–H and O–H groups in total. The Bertz CT molecular complexity index is 994. The van der Waals surface area contributed by atoms with Gasteiger partial charge in [0, 0.05) is 22.7 Å². The molecule has 0 atom stereocenters. The Hall–Kier alpha value is -3.39. The third-order valence-corrected chi connectivity index (χ3v) is 4.72. The molecular formula is C20H19N3O4S.